The maximum atomic E-state index is 11.7. The molecular weight excluding hydrogens is 223 g/mol. The Labute approximate surface area is 93.8 Å². The third kappa shape index (κ3) is 6.30. The molecule has 0 radical (unpaired) electrons. The highest BCUT2D eigenvalue weighted by atomic mass is 19.4. The summed E-state index contributed by atoms with van der Waals surface area (Å²) in [7, 11) is 0. The Morgan fingerprint density at radius 2 is 1.94 bits per heavy atom. The fraction of sp³-hybridized carbons (Fsp3) is 1.00. The fourth-order valence-electron chi connectivity index (χ4n) is 1.25. The standard InChI is InChI=1S/C10H20F3NO2/c1-8(15)9(2,6-14)4-3-5-16-7-10(11,12)13/h8,15H,3-7,14H2,1-2H3. The SMILES string of the molecule is CC(O)C(C)(CN)CCCOCC(F)(F)F. The zero-order chi connectivity index (χ0) is 12.8. The summed E-state index contributed by atoms with van der Waals surface area (Å²) in [4.78, 5) is 0. The molecule has 0 heterocycles. The monoisotopic (exact) mass is 243 g/mol. The van der Waals surface area contributed by atoms with Crippen molar-refractivity contribution in [1.82, 2.24) is 0 Å². The quantitative estimate of drug-likeness (QED) is 0.669. The molecule has 0 amide bonds. The molecule has 2 unspecified atom stereocenters. The summed E-state index contributed by atoms with van der Waals surface area (Å²) in [5.41, 5.74) is 5.05. The highest BCUT2D eigenvalue weighted by Crippen LogP contribution is 2.26. The molecule has 0 aromatic rings. The lowest BCUT2D eigenvalue weighted by Gasteiger charge is -2.31. The molecule has 0 saturated carbocycles. The van der Waals surface area contributed by atoms with Crippen LogP contribution in [0.1, 0.15) is 26.7 Å². The number of aliphatic hydroxyl groups excluding tert-OH is 1. The summed E-state index contributed by atoms with van der Waals surface area (Å²) in [6, 6.07) is 0. The second-order valence-corrected chi connectivity index (χ2v) is 4.31. The van der Waals surface area contributed by atoms with Crippen LogP contribution in [0.15, 0.2) is 0 Å². The average molecular weight is 243 g/mol. The number of alkyl halides is 3. The van der Waals surface area contributed by atoms with E-state index in [1.165, 1.54) is 0 Å². The van der Waals surface area contributed by atoms with Gasteiger partial charge in [0, 0.05) is 18.6 Å². The van der Waals surface area contributed by atoms with Crippen LogP contribution in [-0.4, -0.2) is 37.1 Å². The van der Waals surface area contributed by atoms with Crippen LogP contribution in [0.3, 0.4) is 0 Å². The molecule has 0 fully saturated rings. The molecule has 0 rings (SSSR count). The van der Waals surface area contributed by atoms with Crippen LogP contribution >= 0.6 is 0 Å². The lowest BCUT2D eigenvalue weighted by molar-refractivity contribution is -0.174. The number of rotatable bonds is 7. The molecule has 0 saturated heterocycles. The molecule has 3 nitrogen and oxygen atoms in total. The molecule has 16 heavy (non-hydrogen) atoms. The predicted octanol–water partition coefficient (Wildman–Crippen LogP) is 1.69. The van der Waals surface area contributed by atoms with Crippen LogP contribution in [0.5, 0.6) is 0 Å². The minimum Gasteiger partial charge on any atom is -0.393 e. The van der Waals surface area contributed by atoms with E-state index in [1.54, 1.807) is 13.8 Å². The topological polar surface area (TPSA) is 55.5 Å². The zero-order valence-corrected chi connectivity index (χ0v) is 9.68. The van der Waals surface area contributed by atoms with Crippen LogP contribution in [0.2, 0.25) is 0 Å². The first-order valence-electron chi connectivity index (χ1n) is 5.24. The summed E-state index contributed by atoms with van der Waals surface area (Å²) in [5.74, 6) is 0. The van der Waals surface area contributed by atoms with Gasteiger partial charge in [-0.3, -0.25) is 0 Å². The number of halogens is 3. The Morgan fingerprint density at radius 3 is 2.31 bits per heavy atom. The minimum absolute atomic E-state index is 0.0296. The van der Waals surface area contributed by atoms with Gasteiger partial charge in [-0.05, 0) is 19.8 Å². The van der Waals surface area contributed by atoms with Gasteiger partial charge in [-0.15, -0.1) is 0 Å². The molecule has 0 aliphatic carbocycles. The summed E-state index contributed by atoms with van der Waals surface area (Å²) in [5, 5.41) is 9.46. The molecule has 0 aromatic heterocycles. The molecule has 2 atom stereocenters. The van der Waals surface area contributed by atoms with Gasteiger partial charge in [-0.25, -0.2) is 0 Å². The summed E-state index contributed by atoms with van der Waals surface area (Å²) < 4.78 is 39.6. The largest absolute Gasteiger partial charge is 0.411 e. The van der Waals surface area contributed by atoms with Crippen molar-refractivity contribution >= 4 is 0 Å². The van der Waals surface area contributed by atoms with Crippen molar-refractivity contribution in [2.45, 2.75) is 39.0 Å². The third-order valence-corrected chi connectivity index (χ3v) is 2.78. The van der Waals surface area contributed by atoms with Crippen molar-refractivity contribution < 1.29 is 23.0 Å². The highest BCUT2D eigenvalue weighted by Gasteiger charge is 2.29. The Morgan fingerprint density at radius 1 is 1.38 bits per heavy atom. The van der Waals surface area contributed by atoms with Gasteiger partial charge < -0.3 is 15.6 Å². The lowest BCUT2D eigenvalue weighted by Crippen LogP contribution is -2.37. The fourth-order valence-corrected chi connectivity index (χ4v) is 1.25. The maximum absolute atomic E-state index is 11.7. The van der Waals surface area contributed by atoms with Crippen LogP contribution < -0.4 is 5.73 Å². The van der Waals surface area contributed by atoms with Crippen molar-refractivity contribution in [1.29, 1.82) is 0 Å². The minimum atomic E-state index is -4.28. The molecule has 0 aliphatic heterocycles. The first-order chi connectivity index (χ1) is 7.21. The van der Waals surface area contributed by atoms with Crippen LogP contribution in [-0.2, 0) is 4.74 Å². The molecule has 0 spiro atoms. The predicted molar refractivity (Wildman–Crippen MR) is 55.0 cm³/mol. The second-order valence-electron chi connectivity index (χ2n) is 4.31. The van der Waals surface area contributed by atoms with Crippen LogP contribution in [0.25, 0.3) is 0 Å². The summed E-state index contributed by atoms with van der Waals surface area (Å²) >= 11 is 0. The van der Waals surface area contributed by atoms with E-state index in [9.17, 15) is 18.3 Å². The third-order valence-electron chi connectivity index (χ3n) is 2.78. The normalized spacial score (nSPS) is 18.2. The zero-order valence-electron chi connectivity index (χ0n) is 9.68. The van der Waals surface area contributed by atoms with E-state index < -0.39 is 24.3 Å². The molecule has 98 valence electrons. The van der Waals surface area contributed by atoms with Crippen molar-refractivity contribution in [3.63, 3.8) is 0 Å². The first-order valence-corrected chi connectivity index (χ1v) is 5.24. The highest BCUT2D eigenvalue weighted by molar-refractivity contribution is 4.80. The Balaban J connectivity index is 3.73. The van der Waals surface area contributed by atoms with E-state index >= 15 is 0 Å². The van der Waals surface area contributed by atoms with Crippen molar-refractivity contribution in [2.24, 2.45) is 11.1 Å². The van der Waals surface area contributed by atoms with E-state index in [0.29, 0.717) is 19.4 Å². The smallest absolute Gasteiger partial charge is 0.393 e. The number of hydrogen-bond acceptors (Lipinski definition) is 3. The van der Waals surface area contributed by atoms with Gasteiger partial charge in [-0.1, -0.05) is 6.92 Å². The molecule has 0 aromatic carbocycles. The maximum Gasteiger partial charge on any atom is 0.411 e. The average Bonchev–Trinajstić information content (AvgIpc) is 2.14. The lowest BCUT2D eigenvalue weighted by atomic mass is 9.81. The molecule has 0 aliphatic rings. The van der Waals surface area contributed by atoms with E-state index in [4.69, 9.17) is 5.73 Å². The van der Waals surface area contributed by atoms with Gasteiger partial charge >= 0.3 is 6.18 Å². The number of nitrogens with two attached hydrogens (primary N) is 1. The summed E-state index contributed by atoms with van der Waals surface area (Å²) in [6.07, 6.45) is -3.87. The van der Waals surface area contributed by atoms with E-state index in [0.717, 1.165) is 0 Å². The molecule has 3 N–H and O–H groups in total. The Bertz CT molecular complexity index is 197. The summed E-state index contributed by atoms with van der Waals surface area (Å²) in [6.45, 7) is 2.54. The van der Waals surface area contributed by atoms with Gasteiger partial charge in [0.2, 0.25) is 0 Å². The van der Waals surface area contributed by atoms with Gasteiger partial charge in [0.15, 0.2) is 0 Å². The number of hydrogen-bond donors (Lipinski definition) is 2. The van der Waals surface area contributed by atoms with Crippen molar-refractivity contribution in [3.05, 3.63) is 0 Å². The van der Waals surface area contributed by atoms with Crippen molar-refractivity contribution in [3.8, 4) is 0 Å². The molecular formula is C10H20F3NO2. The van der Waals surface area contributed by atoms with Gasteiger partial charge in [0.1, 0.15) is 6.61 Å². The molecule has 0 bridgehead atoms. The number of aliphatic hydroxyl groups is 1. The Kier molecular flexibility index (Phi) is 6.28. The van der Waals surface area contributed by atoms with Gasteiger partial charge in [-0.2, -0.15) is 13.2 Å². The van der Waals surface area contributed by atoms with Crippen molar-refractivity contribution in [2.75, 3.05) is 19.8 Å². The first kappa shape index (κ1) is 15.7. The van der Waals surface area contributed by atoms with Crippen LogP contribution in [0, 0.1) is 5.41 Å². The molecule has 6 heteroatoms. The van der Waals surface area contributed by atoms with E-state index in [-0.39, 0.29) is 6.61 Å². The second kappa shape index (κ2) is 6.42. The Hall–Kier alpha value is -0.330. The van der Waals surface area contributed by atoms with Crippen LogP contribution in [0.4, 0.5) is 13.2 Å². The van der Waals surface area contributed by atoms with E-state index in [1.807, 2.05) is 0 Å². The van der Waals surface area contributed by atoms with Gasteiger partial charge in [0.05, 0.1) is 6.10 Å². The number of ether oxygens (including phenoxy) is 1. The van der Waals surface area contributed by atoms with Gasteiger partial charge in [0.25, 0.3) is 0 Å². The van der Waals surface area contributed by atoms with E-state index in [2.05, 4.69) is 4.74 Å².